The monoisotopic (exact) mass is 459 g/mol. The summed E-state index contributed by atoms with van der Waals surface area (Å²) in [6.07, 6.45) is 6.32. The number of anilines is 2. The molecule has 0 unspecified atom stereocenters. The minimum absolute atomic E-state index is 0.0600. The second-order valence-corrected chi connectivity index (χ2v) is 9.99. The van der Waals surface area contributed by atoms with Gasteiger partial charge in [-0.3, -0.25) is 0 Å². The van der Waals surface area contributed by atoms with Crippen LogP contribution in [0.25, 0.3) is 11.2 Å². The molecule has 2 aromatic heterocycles. The molecule has 2 aromatic rings. The summed E-state index contributed by atoms with van der Waals surface area (Å²) in [5, 5.41) is 13.1. The van der Waals surface area contributed by atoms with E-state index >= 15 is 0 Å². The zero-order valence-electron chi connectivity index (χ0n) is 20.3. The van der Waals surface area contributed by atoms with E-state index in [-0.39, 0.29) is 24.8 Å². The Morgan fingerprint density at radius 3 is 2.79 bits per heavy atom. The van der Waals surface area contributed by atoms with Crippen LogP contribution in [0.2, 0.25) is 0 Å². The summed E-state index contributed by atoms with van der Waals surface area (Å²) < 4.78 is 7.56. The van der Waals surface area contributed by atoms with Crippen LogP contribution in [0.5, 0.6) is 0 Å². The van der Waals surface area contributed by atoms with Gasteiger partial charge in [-0.25, -0.2) is 9.78 Å². The van der Waals surface area contributed by atoms with Gasteiger partial charge >= 0.3 is 6.09 Å². The molecule has 2 saturated heterocycles. The lowest BCUT2D eigenvalue weighted by Gasteiger charge is -2.35. The number of fused-ring (bicyclic) bond motifs is 1. The van der Waals surface area contributed by atoms with Crippen LogP contribution in [-0.4, -0.2) is 79.5 Å². The molecular weight excluding hydrogens is 422 g/mol. The number of aryl methyl sites for hydroxylation is 1. The number of rotatable bonds is 6. The Bertz CT molecular complexity index is 969. The van der Waals surface area contributed by atoms with Gasteiger partial charge in [-0.1, -0.05) is 0 Å². The van der Waals surface area contributed by atoms with Gasteiger partial charge in [-0.05, 0) is 59.8 Å². The average Bonchev–Trinajstić information content (AvgIpc) is 3.40. The summed E-state index contributed by atoms with van der Waals surface area (Å²) in [5.74, 6) is 1.38. The lowest BCUT2D eigenvalue weighted by atomic mass is 10.0. The van der Waals surface area contributed by atoms with Crippen LogP contribution in [0.3, 0.4) is 0 Å². The lowest BCUT2D eigenvalue weighted by molar-refractivity contribution is 0.0293. The SMILES string of the molecule is CCn1cnc2c(N[C@H]3CCN(C(=O)OC(C)(C)C)C3)nc(N3CCCC[C@H]3CCO)nc21. The van der Waals surface area contributed by atoms with Crippen molar-refractivity contribution in [2.24, 2.45) is 0 Å². The minimum Gasteiger partial charge on any atom is -0.444 e. The molecule has 2 N–H and O–H groups in total. The third-order valence-corrected chi connectivity index (χ3v) is 6.32. The number of aliphatic hydroxyl groups is 1. The van der Waals surface area contributed by atoms with E-state index in [4.69, 9.17) is 14.7 Å². The third kappa shape index (κ3) is 5.31. The van der Waals surface area contributed by atoms with Crippen molar-refractivity contribution in [2.75, 3.05) is 36.5 Å². The molecule has 2 atom stereocenters. The molecule has 0 aromatic carbocycles. The van der Waals surface area contributed by atoms with Gasteiger partial charge < -0.3 is 29.5 Å². The summed E-state index contributed by atoms with van der Waals surface area (Å²) in [4.78, 5) is 30.8. The second-order valence-electron chi connectivity index (χ2n) is 9.99. The van der Waals surface area contributed by atoms with E-state index in [1.165, 1.54) is 0 Å². The van der Waals surface area contributed by atoms with Crippen LogP contribution in [0, 0.1) is 0 Å². The van der Waals surface area contributed by atoms with E-state index < -0.39 is 5.60 Å². The fourth-order valence-electron chi connectivity index (χ4n) is 4.67. The molecule has 0 spiro atoms. The number of ether oxygens (including phenoxy) is 1. The van der Waals surface area contributed by atoms with Crippen molar-refractivity contribution in [1.82, 2.24) is 24.4 Å². The number of nitrogens with zero attached hydrogens (tertiary/aromatic N) is 6. The van der Waals surface area contributed by atoms with Crippen LogP contribution in [-0.2, 0) is 11.3 Å². The maximum atomic E-state index is 12.5. The fraction of sp³-hybridized carbons (Fsp3) is 0.739. The van der Waals surface area contributed by atoms with Gasteiger partial charge in [0.1, 0.15) is 5.60 Å². The Hall–Kier alpha value is -2.62. The van der Waals surface area contributed by atoms with Crippen molar-refractivity contribution >= 4 is 29.0 Å². The number of aliphatic hydroxyl groups excluding tert-OH is 1. The van der Waals surface area contributed by atoms with E-state index in [2.05, 4.69) is 22.1 Å². The standard InChI is InChI=1S/C23H37N7O3/c1-5-28-15-24-18-19(25-16-9-12-29(14-16)22(32)33-23(2,3)4)26-21(27-20(18)28)30-11-7-6-8-17(30)10-13-31/h15-17,31H,5-14H2,1-4H3,(H,25,26,27)/t16-,17-/m0/s1. The normalized spacial score (nSPS) is 21.6. The van der Waals surface area contributed by atoms with Gasteiger partial charge in [0, 0.05) is 44.9 Å². The summed E-state index contributed by atoms with van der Waals surface area (Å²) in [6.45, 7) is 10.7. The maximum Gasteiger partial charge on any atom is 0.410 e. The highest BCUT2D eigenvalue weighted by atomic mass is 16.6. The van der Waals surface area contributed by atoms with Crippen LogP contribution in [0.4, 0.5) is 16.6 Å². The Morgan fingerprint density at radius 2 is 2.06 bits per heavy atom. The van der Waals surface area contributed by atoms with Crippen molar-refractivity contribution in [2.45, 2.75) is 84.0 Å². The first-order valence-corrected chi connectivity index (χ1v) is 12.1. The minimum atomic E-state index is -0.511. The zero-order chi connectivity index (χ0) is 23.6. The summed E-state index contributed by atoms with van der Waals surface area (Å²) >= 11 is 0. The number of aromatic nitrogens is 4. The molecule has 4 rings (SSSR count). The van der Waals surface area contributed by atoms with E-state index in [0.29, 0.717) is 31.3 Å². The number of piperidine rings is 1. The van der Waals surface area contributed by atoms with Crippen molar-refractivity contribution in [3.8, 4) is 0 Å². The smallest absolute Gasteiger partial charge is 0.410 e. The number of carbonyl (C=O) groups is 1. The molecule has 10 nitrogen and oxygen atoms in total. The molecule has 4 heterocycles. The Labute approximate surface area is 195 Å². The third-order valence-electron chi connectivity index (χ3n) is 6.32. The van der Waals surface area contributed by atoms with E-state index in [0.717, 1.165) is 49.9 Å². The molecule has 2 aliphatic rings. The molecule has 2 aliphatic heterocycles. The first kappa shape index (κ1) is 23.5. The number of amides is 1. The van der Waals surface area contributed by atoms with Crippen molar-refractivity contribution in [1.29, 1.82) is 0 Å². The van der Waals surface area contributed by atoms with Gasteiger partial charge in [-0.15, -0.1) is 0 Å². The number of nitrogens with one attached hydrogen (secondary N) is 1. The number of hydrogen-bond donors (Lipinski definition) is 2. The van der Waals surface area contributed by atoms with Gasteiger partial charge in [0.15, 0.2) is 17.0 Å². The van der Waals surface area contributed by atoms with E-state index in [1.54, 1.807) is 11.2 Å². The Balaban J connectivity index is 1.58. The second kappa shape index (κ2) is 9.70. The maximum absolute atomic E-state index is 12.5. The van der Waals surface area contributed by atoms with Gasteiger partial charge in [0.2, 0.25) is 5.95 Å². The van der Waals surface area contributed by atoms with E-state index in [1.807, 2.05) is 25.3 Å². The van der Waals surface area contributed by atoms with Crippen LogP contribution >= 0.6 is 0 Å². The predicted octanol–water partition coefficient (Wildman–Crippen LogP) is 3.01. The number of imidazole rings is 1. The molecule has 182 valence electrons. The Kier molecular flexibility index (Phi) is 6.92. The fourth-order valence-corrected chi connectivity index (χ4v) is 4.67. The Morgan fingerprint density at radius 1 is 1.24 bits per heavy atom. The first-order valence-electron chi connectivity index (χ1n) is 12.1. The van der Waals surface area contributed by atoms with E-state index in [9.17, 15) is 9.90 Å². The highest BCUT2D eigenvalue weighted by Crippen LogP contribution is 2.29. The zero-order valence-corrected chi connectivity index (χ0v) is 20.3. The van der Waals surface area contributed by atoms with Crippen molar-refractivity contribution < 1.29 is 14.6 Å². The van der Waals surface area contributed by atoms with Crippen molar-refractivity contribution in [3.63, 3.8) is 0 Å². The molecule has 1 amide bonds. The quantitative estimate of drug-likeness (QED) is 0.679. The molecule has 2 fully saturated rings. The molecule has 33 heavy (non-hydrogen) atoms. The summed E-state index contributed by atoms with van der Waals surface area (Å²) in [6, 6.07) is 0.297. The van der Waals surface area contributed by atoms with Crippen LogP contribution in [0.15, 0.2) is 6.33 Å². The molecule has 0 aliphatic carbocycles. The highest BCUT2D eigenvalue weighted by Gasteiger charge is 2.31. The summed E-state index contributed by atoms with van der Waals surface area (Å²) in [5.41, 5.74) is 1.04. The number of hydrogen-bond acceptors (Lipinski definition) is 8. The highest BCUT2D eigenvalue weighted by molar-refractivity contribution is 5.84. The molecule has 10 heteroatoms. The molecular formula is C23H37N7O3. The lowest BCUT2D eigenvalue weighted by Crippen LogP contribution is -2.41. The van der Waals surface area contributed by atoms with Crippen LogP contribution in [0.1, 0.15) is 59.8 Å². The average molecular weight is 460 g/mol. The first-order chi connectivity index (χ1) is 15.8. The number of likely N-dealkylation sites (tertiary alicyclic amines) is 1. The number of carbonyl (C=O) groups excluding carboxylic acids is 1. The molecule has 0 radical (unpaired) electrons. The summed E-state index contributed by atoms with van der Waals surface area (Å²) in [7, 11) is 0. The predicted molar refractivity (Wildman–Crippen MR) is 128 cm³/mol. The van der Waals surface area contributed by atoms with Gasteiger partial charge in [0.05, 0.1) is 6.33 Å². The van der Waals surface area contributed by atoms with Gasteiger partial charge in [0.25, 0.3) is 0 Å². The molecule has 0 bridgehead atoms. The van der Waals surface area contributed by atoms with Crippen LogP contribution < -0.4 is 10.2 Å². The topological polar surface area (TPSA) is 109 Å². The largest absolute Gasteiger partial charge is 0.444 e. The van der Waals surface area contributed by atoms with Gasteiger partial charge in [-0.2, -0.15) is 9.97 Å². The van der Waals surface area contributed by atoms with Crippen molar-refractivity contribution in [3.05, 3.63) is 6.33 Å². The molecule has 0 saturated carbocycles.